The molecule has 3 aliphatic rings. The van der Waals surface area contributed by atoms with Crippen LogP contribution in [0, 0.1) is 0 Å². The van der Waals surface area contributed by atoms with E-state index in [-0.39, 0.29) is 5.41 Å². The minimum atomic E-state index is -0.492. The van der Waals surface area contributed by atoms with Crippen LogP contribution in [0.5, 0.6) is 0 Å². The fourth-order valence-electron chi connectivity index (χ4n) is 13.2. The summed E-state index contributed by atoms with van der Waals surface area (Å²) >= 11 is 0. The fraction of sp³-hybridized carbons (Fsp3) is 0.0597. The molecule has 0 unspecified atom stereocenters. The first kappa shape index (κ1) is 39.6. The Kier molecular flexibility index (Phi) is 7.82. The SMILES string of the molecule is CC1(C)c2ccccc2-c2cc3c4ccccc4n(-c4ccc5oc6c(-c7nc(-c8ccccc8)nc(-c8cccc9c8-c8ccccc8C98c9ccccc9-c9ccccc98)n7)cccc6c5c4)c3cc21. The van der Waals surface area contributed by atoms with E-state index in [1.54, 1.807) is 0 Å². The molecule has 5 heteroatoms. The topological polar surface area (TPSA) is 56.7 Å². The average Bonchev–Trinajstić information content (AvgIpc) is 4.20. The van der Waals surface area contributed by atoms with Crippen LogP contribution in [0.2, 0.25) is 0 Å². The van der Waals surface area contributed by atoms with E-state index >= 15 is 0 Å². The number of hydrogen-bond donors (Lipinski definition) is 0. The second-order valence-electron chi connectivity index (χ2n) is 20.2. The van der Waals surface area contributed by atoms with Gasteiger partial charge >= 0.3 is 0 Å². The van der Waals surface area contributed by atoms with Gasteiger partial charge in [-0.15, -0.1) is 0 Å². The number of furan rings is 1. The van der Waals surface area contributed by atoms with E-state index < -0.39 is 5.41 Å². The number of nitrogens with zero attached hydrogens (tertiary/aromatic N) is 4. The van der Waals surface area contributed by atoms with Crippen molar-refractivity contribution in [1.29, 1.82) is 0 Å². The monoisotopic (exact) mass is 918 g/mol. The summed E-state index contributed by atoms with van der Waals surface area (Å²) in [5.74, 6) is 1.77. The van der Waals surface area contributed by atoms with Gasteiger partial charge in [0.1, 0.15) is 11.2 Å². The van der Waals surface area contributed by atoms with Gasteiger partial charge in [-0.1, -0.05) is 190 Å². The van der Waals surface area contributed by atoms with Crippen molar-refractivity contribution in [3.8, 4) is 73.2 Å². The van der Waals surface area contributed by atoms with E-state index in [0.29, 0.717) is 17.5 Å². The standard InChI is InChI=1S/C67H42N4O/c1-66(2)52-28-11-6-22-43(52)49-37-50-44-23-10-15-33-58(44)71(59(50)38-57(49)66)40-34-35-60-51(36-40)45-25-16-27-48(62(45)72-60)65-69-63(39-18-4-3-5-19-39)68-64(70-65)47-26-17-32-56-61(47)46-24-9-14-31-55(46)67(56)53-29-12-7-20-41(53)42-21-8-13-30-54(42)67/h3-38H,1-2H3. The number of aromatic nitrogens is 4. The molecule has 0 bridgehead atoms. The van der Waals surface area contributed by atoms with E-state index in [4.69, 9.17) is 19.4 Å². The Hall–Kier alpha value is -9.19. The zero-order valence-corrected chi connectivity index (χ0v) is 39.5. The second-order valence-corrected chi connectivity index (χ2v) is 20.2. The highest BCUT2D eigenvalue weighted by Gasteiger charge is 2.52. The van der Waals surface area contributed by atoms with Gasteiger partial charge in [0, 0.05) is 43.8 Å². The molecule has 336 valence electrons. The number of hydrogen-bond acceptors (Lipinski definition) is 4. The maximum atomic E-state index is 6.94. The molecule has 0 amide bonds. The lowest BCUT2D eigenvalue weighted by Crippen LogP contribution is -2.25. The molecular weight excluding hydrogens is 877 g/mol. The summed E-state index contributed by atoms with van der Waals surface area (Å²) in [6, 6.07) is 79.1. The maximum absolute atomic E-state index is 6.94. The van der Waals surface area contributed by atoms with Gasteiger partial charge in [-0.25, -0.2) is 15.0 Å². The van der Waals surface area contributed by atoms with E-state index in [2.05, 4.69) is 219 Å². The van der Waals surface area contributed by atoms with Gasteiger partial charge in [0.2, 0.25) is 0 Å². The van der Waals surface area contributed by atoms with E-state index in [9.17, 15) is 0 Å². The molecule has 0 atom stereocenters. The first-order valence-corrected chi connectivity index (χ1v) is 24.8. The number of fused-ring (bicyclic) bond motifs is 19. The third kappa shape index (κ3) is 5.09. The number of benzene rings is 10. The van der Waals surface area contributed by atoms with Gasteiger partial charge in [0.25, 0.3) is 0 Å². The minimum Gasteiger partial charge on any atom is -0.455 e. The smallest absolute Gasteiger partial charge is 0.167 e. The molecule has 3 heterocycles. The van der Waals surface area contributed by atoms with Crippen molar-refractivity contribution in [3.63, 3.8) is 0 Å². The van der Waals surface area contributed by atoms with Crippen LogP contribution in [-0.2, 0) is 10.8 Å². The van der Waals surface area contributed by atoms with Crippen molar-refractivity contribution in [3.05, 3.63) is 252 Å². The van der Waals surface area contributed by atoms with Crippen molar-refractivity contribution in [2.24, 2.45) is 0 Å². The van der Waals surface area contributed by atoms with E-state index in [1.807, 2.05) is 18.2 Å². The second kappa shape index (κ2) is 14.2. The predicted molar refractivity (Wildman–Crippen MR) is 292 cm³/mol. The lowest BCUT2D eigenvalue weighted by atomic mass is 9.70. The van der Waals surface area contributed by atoms with Gasteiger partial charge in [-0.05, 0) is 109 Å². The maximum Gasteiger partial charge on any atom is 0.167 e. The van der Waals surface area contributed by atoms with Gasteiger partial charge in [0.05, 0.1) is 22.0 Å². The molecule has 10 aromatic carbocycles. The van der Waals surface area contributed by atoms with E-state index in [1.165, 1.54) is 83.0 Å². The summed E-state index contributed by atoms with van der Waals surface area (Å²) in [7, 11) is 0. The van der Waals surface area contributed by atoms with Crippen LogP contribution in [-0.4, -0.2) is 19.5 Å². The third-order valence-electron chi connectivity index (χ3n) is 16.3. The minimum absolute atomic E-state index is 0.126. The van der Waals surface area contributed by atoms with Crippen molar-refractivity contribution < 1.29 is 4.42 Å². The van der Waals surface area contributed by atoms with Gasteiger partial charge < -0.3 is 8.98 Å². The van der Waals surface area contributed by atoms with Crippen LogP contribution >= 0.6 is 0 Å². The first-order chi connectivity index (χ1) is 35.5. The molecule has 16 rings (SSSR count). The zero-order valence-electron chi connectivity index (χ0n) is 39.5. The first-order valence-electron chi connectivity index (χ1n) is 24.8. The van der Waals surface area contributed by atoms with Crippen molar-refractivity contribution in [1.82, 2.24) is 19.5 Å². The summed E-state index contributed by atoms with van der Waals surface area (Å²) < 4.78 is 9.37. The molecule has 72 heavy (non-hydrogen) atoms. The molecule has 0 saturated heterocycles. The highest BCUT2D eigenvalue weighted by atomic mass is 16.3. The van der Waals surface area contributed by atoms with Gasteiger partial charge in [-0.2, -0.15) is 0 Å². The third-order valence-corrected chi connectivity index (χ3v) is 16.3. The van der Waals surface area contributed by atoms with Crippen LogP contribution in [0.25, 0.3) is 117 Å². The van der Waals surface area contributed by atoms with Crippen LogP contribution in [0.15, 0.2) is 223 Å². The van der Waals surface area contributed by atoms with Crippen molar-refractivity contribution >= 4 is 43.7 Å². The van der Waals surface area contributed by atoms with Gasteiger partial charge in [-0.3, -0.25) is 0 Å². The molecule has 13 aromatic rings. The summed E-state index contributed by atoms with van der Waals surface area (Å²) in [4.78, 5) is 16.1. The highest BCUT2D eigenvalue weighted by Crippen LogP contribution is 2.64. The number of para-hydroxylation sites is 2. The Morgan fingerprint density at radius 2 is 0.917 bits per heavy atom. The zero-order chi connectivity index (χ0) is 47.5. The molecule has 0 aliphatic heterocycles. The molecular formula is C67H42N4O. The molecule has 3 aliphatic carbocycles. The summed E-state index contributed by atoms with van der Waals surface area (Å²) in [5, 5.41) is 4.51. The fourth-order valence-corrected chi connectivity index (χ4v) is 13.2. The van der Waals surface area contributed by atoms with Crippen LogP contribution in [0.3, 0.4) is 0 Å². The normalized spacial score (nSPS) is 14.2. The molecule has 0 N–H and O–H groups in total. The molecule has 1 spiro atoms. The van der Waals surface area contributed by atoms with Crippen molar-refractivity contribution in [2.75, 3.05) is 0 Å². The van der Waals surface area contributed by atoms with E-state index in [0.717, 1.165) is 49.9 Å². The Morgan fingerprint density at radius 1 is 0.361 bits per heavy atom. The lowest BCUT2D eigenvalue weighted by molar-refractivity contribution is 0.661. The molecule has 5 nitrogen and oxygen atoms in total. The van der Waals surface area contributed by atoms with Crippen LogP contribution in [0.1, 0.15) is 47.2 Å². The number of rotatable bonds is 4. The Morgan fingerprint density at radius 3 is 1.68 bits per heavy atom. The summed E-state index contributed by atoms with van der Waals surface area (Å²) in [6.07, 6.45) is 0. The Labute approximate surface area is 415 Å². The lowest BCUT2D eigenvalue weighted by Gasteiger charge is -2.30. The summed E-state index contributed by atoms with van der Waals surface area (Å²) in [6.45, 7) is 4.71. The average molecular weight is 919 g/mol. The van der Waals surface area contributed by atoms with Crippen molar-refractivity contribution in [2.45, 2.75) is 24.7 Å². The Balaban J connectivity index is 0.894. The van der Waals surface area contributed by atoms with Crippen LogP contribution < -0.4 is 0 Å². The molecule has 0 saturated carbocycles. The molecule has 0 radical (unpaired) electrons. The summed E-state index contributed by atoms with van der Waals surface area (Å²) in [5.41, 5.74) is 22.4. The van der Waals surface area contributed by atoms with Crippen LogP contribution in [0.4, 0.5) is 0 Å². The highest BCUT2D eigenvalue weighted by molar-refractivity contribution is 6.13. The quantitative estimate of drug-likeness (QED) is 0.176. The predicted octanol–water partition coefficient (Wildman–Crippen LogP) is 16.5. The molecule has 0 fully saturated rings. The van der Waals surface area contributed by atoms with Gasteiger partial charge in [0.15, 0.2) is 17.5 Å². The molecule has 3 aromatic heterocycles. The largest absolute Gasteiger partial charge is 0.455 e. The Bertz CT molecular complexity index is 4450.